The molecule has 2 aromatic rings. The van der Waals surface area contributed by atoms with Crippen LogP contribution in [0.1, 0.15) is 27.8 Å². The minimum Gasteiger partial charge on any atom is -0.368 e. The van der Waals surface area contributed by atoms with Gasteiger partial charge in [0.25, 0.3) is 0 Å². The molecule has 4 nitrogen and oxygen atoms in total. The van der Waals surface area contributed by atoms with E-state index < -0.39 is 10.0 Å². The lowest BCUT2D eigenvalue weighted by Crippen LogP contribution is -2.49. The van der Waals surface area contributed by atoms with E-state index in [0.717, 1.165) is 15.6 Å². The summed E-state index contributed by atoms with van der Waals surface area (Å²) in [5.41, 5.74) is 6.84. The van der Waals surface area contributed by atoms with Gasteiger partial charge in [0.2, 0.25) is 10.0 Å². The molecule has 1 heterocycles. The number of halogens is 1. The average molecular weight is 451 g/mol. The second kappa shape index (κ2) is 7.57. The first-order valence-corrected chi connectivity index (χ1v) is 11.4. The van der Waals surface area contributed by atoms with Crippen LogP contribution in [-0.2, 0) is 10.0 Å². The van der Waals surface area contributed by atoms with Crippen molar-refractivity contribution in [3.63, 3.8) is 0 Å². The zero-order chi connectivity index (χ0) is 19.9. The molecule has 0 aliphatic carbocycles. The standard InChI is InChI=1S/C21H27BrN2O2S/c1-14-10-17(4)21(18(5)11-14)23-6-8-24(9-7-23)27(25,26)20-13-19(22)15(2)12-16(20)3/h10-13H,6-9H2,1-5H3. The van der Waals surface area contributed by atoms with Crippen molar-refractivity contribution >= 4 is 31.6 Å². The summed E-state index contributed by atoms with van der Waals surface area (Å²) in [6.45, 7) is 12.6. The Morgan fingerprint density at radius 3 is 1.89 bits per heavy atom. The predicted octanol–water partition coefficient (Wildman–Crippen LogP) is 4.50. The van der Waals surface area contributed by atoms with Gasteiger partial charge in [-0.25, -0.2) is 8.42 Å². The number of benzene rings is 2. The van der Waals surface area contributed by atoms with E-state index in [0.29, 0.717) is 31.1 Å². The summed E-state index contributed by atoms with van der Waals surface area (Å²) in [7, 11) is -3.49. The van der Waals surface area contributed by atoms with E-state index in [4.69, 9.17) is 0 Å². The Hall–Kier alpha value is -1.37. The monoisotopic (exact) mass is 450 g/mol. The van der Waals surface area contributed by atoms with Gasteiger partial charge in [0.15, 0.2) is 0 Å². The quantitative estimate of drug-likeness (QED) is 0.690. The summed E-state index contributed by atoms with van der Waals surface area (Å²) in [5, 5.41) is 0. The van der Waals surface area contributed by atoms with E-state index in [2.05, 4.69) is 53.7 Å². The van der Waals surface area contributed by atoms with Crippen LogP contribution >= 0.6 is 15.9 Å². The summed E-state index contributed by atoms with van der Waals surface area (Å²) in [6.07, 6.45) is 0. The molecule has 0 aromatic heterocycles. The lowest BCUT2D eigenvalue weighted by atomic mass is 10.0. The van der Waals surface area contributed by atoms with Crippen LogP contribution in [0.25, 0.3) is 0 Å². The summed E-state index contributed by atoms with van der Waals surface area (Å²) in [5.74, 6) is 0. The Morgan fingerprint density at radius 1 is 0.778 bits per heavy atom. The predicted molar refractivity (Wildman–Crippen MR) is 115 cm³/mol. The van der Waals surface area contributed by atoms with Crippen LogP contribution in [-0.4, -0.2) is 38.9 Å². The van der Waals surface area contributed by atoms with E-state index in [1.807, 2.05) is 19.9 Å². The molecule has 1 fully saturated rings. The SMILES string of the molecule is Cc1cc(C)c(N2CCN(S(=O)(=O)c3cc(Br)c(C)cc3C)CC2)c(C)c1. The van der Waals surface area contributed by atoms with Crippen LogP contribution in [0, 0.1) is 34.6 Å². The molecule has 1 aliphatic rings. The molecule has 0 N–H and O–H groups in total. The molecule has 3 rings (SSSR count). The number of hydrogen-bond acceptors (Lipinski definition) is 3. The van der Waals surface area contributed by atoms with E-state index >= 15 is 0 Å². The van der Waals surface area contributed by atoms with Crippen molar-refractivity contribution in [2.45, 2.75) is 39.5 Å². The van der Waals surface area contributed by atoms with Gasteiger partial charge in [-0.1, -0.05) is 39.7 Å². The van der Waals surface area contributed by atoms with Crippen LogP contribution in [0.15, 0.2) is 33.6 Å². The maximum absolute atomic E-state index is 13.2. The topological polar surface area (TPSA) is 40.6 Å². The van der Waals surface area contributed by atoms with Gasteiger partial charge in [0.1, 0.15) is 0 Å². The summed E-state index contributed by atoms with van der Waals surface area (Å²) in [6, 6.07) is 8.05. The normalized spacial score (nSPS) is 16.0. The lowest BCUT2D eigenvalue weighted by Gasteiger charge is -2.37. The lowest BCUT2D eigenvalue weighted by molar-refractivity contribution is 0.384. The molecule has 2 aromatic carbocycles. The maximum atomic E-state index is 13.2. The molecule has 0 unspecified atom stereocenters. The van der Waals surface area contributed by atoms with Crippen LogP contribution in [0.2, 0.25) is 0 Å². The number of piperazine rings is 1. The zero-order valence-electron chi connectivity index (χ0n) is 16.6. The molecule has 0 saturated carbocycles. The van der Waals surface area contributed by atoms with Crippen molar-refractivity contribution in [3.8, 4) is 0 Å². The van der Waals surface area contributed by atoms with Gasteiger partial charge in [-0.2, -0.15) is 4.31 Å². The molecular weight excluding hydrogens is 424 g/mol. The average Bonchev–Trinajstić information content (AvgIpc) is 2.57. The Morgan fingerprint density at radius 2 is 1.33 bits per heavy atom. The number of rotatable bonds is 3. The molecule has 27 heavy (non-hydrogen) atoms. The third-order valence-electron chi connectivity index (χ3n) is 5.26. The molecule has 0 bridgehead atoms. The smallest absolute Gasteiger partial charge is 0.243 e. The van der Waals surface area contributed by atoms with E-state index in [1.54, 1.807) is 10.4 Å². The number of aryl methyl sites for hydroxylation is 5. The van der Waals surface area contributed by atoms with Gasteiger partial charge in [0.05, 0.1) is 4.90 Å². The van der Waals surface area contributed by atoms with Crippen LogP contribution in [0.3, 0.4) is 0 Å². The second-order valence-corrected chi connectivity index (χ2v) is 10.3. The fourth-order valence-electron chi connectivity index (χ4n) is 4.05. The first kappa shape index (κ1) is 20.4. The second-order valence-electron chi connectivity index (χ2n) is 7.51. The molecule has 0 atom stereocenters. The van der Waals surface area contributed by atoms with Gasteiger partial charge in [0, 0.05) is 36.3 Å². The van der Waals surface area contributed by atoms with Crippen molar-refractivity contribution in [2.75, 3.05) is 31.1 Å². The molecule has 146 valence electrons. The van der Waals surface area contributed by atoms with Crippen LogP contribution < -0.4 is 4.90 Å². The van der Waals surface area contributed by atoms with Crippen LogP contribution in [0.5, 0.6) is 0 Å². The van der Waals surface area contributed by atoms with Crippen molar-refractivity contribution in [1.82, 2.24) is 4.31 Å². The Kier molecular flexibility index (Phi) is 5.71. The summed E-state index contributed by atoms with van der Waals surface area (Å²) in [4.78, 5) is 2.71. The number of anilines is 1. The molecule has 6 heteroatoms. The molecule has 0 radical (unpaired) electrons. The molecule has 1 aliphatic heterocycles. The highest BCUT2D eigenvalue weighted by atomic mass is 79.9. The molecule has 0 amide bonds. The van der Waals surface area contributed by atoms with Crippen molar-refractivity contribution < 1.29 is 8.42 Å². The highest BCUT2D eigenvalue weighted by molar-refractivity contribution is 9.10. The highest BCUT2D eigenvalue weighted by Crippen LogP contribution is 2.30. The van der Waals surface area contributed by atoms with Gasteiger partial charge in [-0.05, 0) is 62.9 Å². The highest BCUT2D eigenvalue weighted by Gasteiger charge is 2.30. The van der Waals surface area contributed by atoms with Gasteiger partial charge >= 0.3 is 0 Å². The number of hydrogen-bond donors (Lipinski definition) is 0. The molecule has 0 spiro atoms. The number of nitrogens with zero attached hydrogens (tertiary/aromatic N) is 2. The van der Waals surface area contributed by atoms with E-state index in [-0.39, 0.29) is 0 Å². The van der Waals surface area contributed by atoms with Crippen LogP contribution in [0.4, 0.5) is 5.69 Å². The Bertz CT molecular complexity index is 955. The van der Waals surface area contributed by atoms with Crippen molar-refractivity contribution in [3.05, 3.63) is 56.6 Å². The minimum atomic E-state index is -3.49. The van der Waals surface area contributed by atoms with Crippen molar-refractivity contribution in [1.29, 1.82) is 0 Å². The Labute approximate surface area is 171 Å². The van der Waals surface area contributed by atoms with E-state index in [9.17, 15) is 8.42 Å². The minimum absolute atomic E-state index is 0.399. The summed E-state index contributed by atoms with van der Waals surface area (Å²) < 4.78 is 28.8. The maximum Gasteiger partial charge on any atom is 0.243 e. The van der Waals surface area contributed by atoms with Gasteiger partial charge in [-0.15, -0.1) is 0 Å². The first-order valence-electron chi connectivity index (χ1n) is 9.21. The van der Waals surface area contributed by atoms with Gasteiger partial charge < -0.3 is 4.90 Å². The fourth-order valence-corrected chi connectivity index (χ4v) is 6.20. The Balaban J connectivity index is 1.83. The van der Waals surface area contributed by atoms with Crippen molar-refractivity contribution in [2.24, 2.45) is 0 Å². The third kappa shape index (κ3) is 3.93. The third-order valence-corrected chi connectivity index (χ3v) is 8.16. The largest absolute Gasteiger partial charge is 0.368 e. The fraction of sp³-hybridized carbons (Fsp3) is 0.429. The zero-order valence-corrected chi connectivity index (χ0v) is 19.0. The van der Waals surface area contributed by atoms with Gasteiger partial charge in [-0.3, -0.25) is 0 Å². The summed E-state index contributed by atoms with van der Waals surface area (Å²) >= 11 is 3.47. The first-order chi connectivity index (χ1) is 12.6. The molecular formula is C21H27BrN2O2S. The number of sulfonamides is 1. The van der Waals surface area contributed by atoms with E-state index in [1.165, 1.54) is 22.4 Å². The molecule has 1 saturated heterocycles.